The number of carbonyl (C=O) groups excluding carboxylic acids is 6. The number of esters is 6. The van der Waals surface area contributed by atoms with Gasteiger partial charge in [-0.05, 0) is 188 Å². The van der Waals surface area contributed by atoms with E-state index in [1.807, 2.05) is 0 Å². The molecule has 2 atom stereocenters. The number of hydrogen-bond acceptors (Lipinski definition) is 14. The molecular weight excluding hydrogens is 1420 g/mol. The summed E-state index contributed by atoms with van der Waals surface area (Å²) in [5.41, 5.74) is 0. The van der Waals surface area contributed by atoms with Crippen molar-refractivity contribution in [2.75, 3.05) is 52.5 Å². The highest BCUT2D eigenvalue weighted by Crippen LogP contribution is 2.23. The van der Waals surface area contributed by atoms with Gasteiger partial charge in [-0.15, -0.1) is 0 Å². The van der Waals surface area contributed by atoms with Gasteiger partial charge in [-0.3, -0.25) is 28.8 Å². The third kappa shape index (κ3) is 85.2. The third-order valence-electron chi connectivity index (χ3n) is 23.1. The summed E-state index contributed by atoms with van der Waals surface area (Å²) in [6.07, 6.45) is 81.0. The van der Waals surface area contributed by atoms with Gasteiger partial charge < -0.3 is 38.2 Å². The van der Waals surface area contributed by atoms with Crippen LogP contribution in [0.5, 0.6) is 0 Å². The molecule has 0 rings (SSSR count). The zero-order chi connectivity index (χ0) is 83.7. The second kappa shape index (κ2) is 92.0. The van der Waals surface area contributed by atoms with Gasteiger partial charge in [0.05, 0.1) is 13.2 Å². The minimum Gasteiger partial charge on any atom is -0.466 e. The maximum absolute atomic E-state index is 12.9. The van der Waals surface area contributed by atoms with E-state index in [1.165, 1.54) is 283 Å². The molecule has 0 amide bonds. The van der Waals surface area contributed by atoms with E-state index in [9.17, 15) is 28.8 Å². The second-order valence-electron chi connectivity index (χ2n) is 34.4. The van der Waals surface area contributed by atoms with Crippen molar-refractivity contribution >= 4 is 35.8 Å². The highest BCUT2D eigenvalue weighted by atomic mass is 16.6. The van der Waals surface area contributed by atoms with Crippen LogP contribution in [0.2, 0.25) is 0 Å². The number of unbranched alkanes of at least 4 members (excludes halogenated alkanes) is 50. The molecule has 14 heteroatoms. The Hall–Kier alpha value is -3.26. The Morgan fingerprint density at radius 2 is 0.395 bits per heavy atom. The van der Waals surface area contributed by atoms with Gasteiger partial charge in [0, 0.05) is 38.5 Å². The molecule has 0 bridgehead atoms. The van der Waals surface area contributed by atoms with E-state index in [0.29, 0.717) is 51.7 Å². The van der Waals surface area contributed by atoms with E-state index < -0.39 is 12.2 Å². The Morgan fingerprint density at radius 3 is 0.667 bits per heavy atom. The van der Waals surface area contributed by atoms with Crippen molar-refractivity contribution in [3.05, 3.63) is 0 Å². The Morgan fingerprint density at radius 1 is 0.202 bits per heavy atom. The molecule has 0 aliphatic heterocycles. The Bertz CT molecular complexity index is 2010. The fourth-order valence-electron chi connectivity index (χ4n) is 15.2. The normalized spacial score (nSPS) is 12.1. The van der Waals surface area contributed by atoms with Crippen LogP contribution in [0.4, 0.5) is 0 Å². The quantitative estimate of drug-likeness (QED) is 0.0321. The van der Waals surface area contributed by atoms with E-state index >= 15 is 0 Å². The first-order valence-electron chi connectivity index (χ1n) is 50.3. The van der Waals surface area contributed by atoms with E-state index in [2.05, 4.69) is 58.3 Å². The molecule has 0 spiro atoms. The highest BCUT2D eigenvalue weighted by molar-refractivity contribution is 5.71. The fraction of sp³-hybridized carbons (Fsp3) is 0.940. The lowest BCUT2D eigenvalue weighted by atomic mass is 10.0. The monoisotopic (exact) mass is 1620 g/mol. The molecule has 0 aliphatic carbocycles. The molecule has 0 fully saturated rings. The molecule has 14 nitrogen and oxygen atoms in total. The van der Waals surface area contributed by atoms with Crippen LogP contribution in [0, 0.1) is 0 Å². The molecule has 114 heavy (non-hydrogen) atoms. The van der Waals surface area contributed by atoms with Crippen LogP contribution < -0.4 is 0 Å². The summed E-state index contributed by atoms with van der Waals surface area (Å²) < 4.78 is 33.8. The van der Waals surface area contributed by atoms with Crippen molar-refractivity contribution in [3.63, 3.8) is 0 Å². The van der Waals surface area contributed by atoms with Gasteiger partial charge in [-0.1, -0.05) is 344 Å². The smallest absolute Gasteiger partial charge is 0.306 e. The molecular formula is C100H194N2O12. The lowest BCUT2D eigenvalue weighted by Crippen LogP contribution is -2.30. The van der Waals surface area contributed by atoms with Crippen LogP contribution in [0.15, 0.2) is 0 Å². The topological polar surface area (TPSA) is 164 Å². The van der Waals surface area contributed by atoms with Gasteiger partial charge in [0.15, 0.2) is 0 Å². The molecule has 0 radical (unpaired) electrons. The van der Waals surface area contributed by atoms with Crippen LogP contribution in [-0.4, -0.2) is 123 Å². The summed E-state index contributed by atoms with van der Waals surface area (Å²) in [5, 5.41) is 0. The predicted molar refractivity (Wildman–Crippen MR) is 483 cm³/mol. The summed E-state index contributed by atoms with van der Waals surface area (Å²) in [6.45, 7) is 29.0. The van der Waals surface area contributed by atoms with Gasteiger partial charge in [-0.2, -0.15) is 0 Å². The van der Waals surface area contributed by atoms with Crippen LogP contribution in [0.3, 0.4) is 0 Å². The van der Waals surface area contributed by atoms with Gasteiger partial charge in [0.1, 0.15) is 24.4 Å². The molecule has 0 saturated carbocycles. The van der Waals surface area contributed by atoms with Crippen molar-refractivity contribution in [2.24, 2.45) is 0 Å². The minimum atomic E-state index is -0.475. The molecule has 0 aromatic carbocycles. The zero-order valence-corrected chi connectivity index (χ0v) is 77.7. The number of ether oxygens (including phenoxy) is 6. The predicted octanol–water partition coefficient (Wildman–Crippen LogP) is 29.6. The van der Waals surface area contributed by atoms with Gasteiger partial charge >= 0.3 is 35.8 Å². The van der Waals surface area contributed by atoms with Gasteiger partial charge in [-0.25, -0.2) is 0 Å². The van der Waals surface area contributed by atoms with Gasteiger partial charge in [0.25, 0.3) is 0 Å². The molecule has 0 heterocycles. The maximum atomic E-state index is 12.9. The summed E-state index contributed by atoms with van der Waals surface area (Å²) in [6, 6.07) is 0. The van der Waals surface area contributed by atoms with E-state index in [0.717, 1.165) is 180 Å². The third-order valence-corrected chi connectivity index (χ3v) is 23.1. The van der Waals surface area contributed by atoms with Crippen LogP contribution in [-0.2, 0) is 57.2 Å². The number of nitrogens with zero attached hydrogens (tertiary/aromatic N) is 2. The molecule has 0 N–H and O–H groups in total. The Kier molecular flexibility index (Phi) is 91.1. The zero-order valence-electron chi connectivity index (χ0n) is 77.7. The highest BCUT2D eigenvalue weighted by Gasteiger charge is 2.21. The minimum absolute atomic E-state index is 0.00116. The lowest BCUT2D eigenvalue weighted by Gasteiger charge is -2.23. The first-order valence-corrected chi connectivity index (χ1v) is 50.3. The van der Waals surface area contributed by atoms with Crippen molar-refractivity contribution in [1.29, 1.82) is 0 Å². The summed E-state index contributed by atoms with van der Waals surface area (Å²) >= 11 is 0. The van der Waals surface area contributed by atoms with E-state index in [4.69, 9.17) is 28.4 Å². The first-order chi connectivity index (χ1) is 55.7. The average Bonchev–Trinajstić information content (AvgIpc) is 0.937. The SMILES string of the molecule is CCCCCCCCC(CCCCCCCC)OC(=O)CCCCCCCN(CCCC)CCCCCCCCCC(=O)OCCCCCCC.CCCCCCCCCOC(=O)CCCCCCCN(CCCCCCCC(=O)OC(CCCCCCCC)CCCCCCCC)CCCCC(=O)OC(C)C(C)OC(=O)CC. The van der Waals surface area contributed by atoms with Crippen molar-refractivity contribution in [3.8, 4) is 0 Å². The second-order valence-corrected chi connectivity index (χ2v) is 34.4. The molecule has 2 unspecified atom stereocenters. The number of rotatable bonds is 90. The maximum Gasteiger partial charge on any atom is 0.306 e. The number of hydrogen-bond donors (Lipinski definition) is 0. The average molecular weight is 1620 g/mol. The molecule has 0 saturated heterocycles. The van der Waals surface area contributed by atoms with Gasteiger partial charge in [0.2, 0.25) is 0 Å². The molecule has 0 aromatic heterocycles. The largest absolute Gasteiger partial charge is 0.466 e. The Labute approximate surface area is 707 Å². The first kappa shape index (κ1) is 113. The Balaban J connectivity index is 0. The van der Waals surface area contributed by atoms with Crippen LogP contribution >= 0.6 is 0 Å². The van der Waals surface area contributed by atoms with E-state index in [-0.39, 0.29) is 48.0 Å². The molecule has 0 aromatic rings. The summed E-state index contributed by atoms with van der Waals surface area (Å²) in [4.78, 5) is 79.1. The fourth-order valence-corrected chi connectivity index (χ4v) is 15.2. The molecule has 0 aliphatic rings. The molecule has 676 valence electrons. The number of carbonyl (C=O) groups is 6. The summed E-state index contributed by atoms with van der Waals surface area (Å²) in [7, 11) is 0. The summed E-state index contributed by atoms with van der Waals surface area (Å²) in [5.74, 6) is -0.545. The van der Waals surface area contributed by atoms with Crippen molar-refractivity contribution < 1.29 is 57.2 Å². The van der Waals surface area contributed by atoms with Crippen LogP contribution in [0.25, 0.3) is 0 Å². The van der Waals surface area contributed by atoms with Crippen LogP contribution in [0.1, 0.15) is 532 Å². The standard InChI is InChI=1S/C54H103NO8.C46H91NO4/c1-7-11-14-17-20-29-38-47-60-52(57)41-32-25-21-27-35-44-55(46-37-34-43-53(58)62-49(6)48(5)61-51(56)10-4)45-36-28-22-26-33-42-54(59)63-50(39-30-23-18-15-12-8-2)40-31-24-19-16-13-9-3;1-5-9-13-16-22-29-36-44(37-30-23-17-14-10-6-2)51-46(49)39-32-25-21-27-34-42-47(40-12-8-4)41-33-26-20-18-19-24-31-38-45(48)50-43-35-28-15-11-7-3/h48-50H,7-47H2,1-6H3;44H,5-43H2,1-4H3. The van der Waals surface area contributed by atoms with E-state index in [1.54, 1.807) is 20.8 Å². The van der Waals surface area contributed by atoms with Crippen molar-refractivity contribution in [2.45, 2.75) is 556 Å². The van der Waals surface area contributed by atoms with Crippen molar-refractivity contribution in [1.82, 2.24) is 9.80 Å². The lowest BCUT2D eigenvalue weighted by molar-refractivity contribution is -0.165.